The fourth-order valence-corrected chi connectivity index (χ4v) is 6.95. The van der Waals surface area contributed by atoms with Crippen molar-refractivity contribution in [3.63, 3.8) is 0 Å². The van der Waals surface area contributed by atoms with Crippen molar-refractivity contribution in [2.75, 3.05) is 47.6 Å². The van der Waals surface area contributed by atoms with Crippen molar-refractivity contribution >= 4 is 55.8 Å². The highest BCUT2D eigenvalue weighted by molar-refractivity contribution is 7.88. The number of aryl methyl sites for hydroxylation is 2. The Labute approximate surface area is 268 Å². The third-order valence-electron chi connectivity index (χ3n) is 8.29. The van der Waals surface area contributed by atoms with Gasteiger partial charge in [-0.3, -0.25) is 14.3 Å². The Bertz CT molecular complexity index is 1980. The molecule has 13 heteroatoms. The maximum atomic E-state index is 13.8. The second-order valence-corrected chi connectivity index (χ2v) is 15.0. The Morgan fingerprint density at radius 1 is 1.07 bits per heavy atom. The second kappa shape index (κ2) is 11.7. The lowest BCUT2D eigenvalue weighted by molar-refractivity contribution is 0.0580. The van der Waals surface area contributed by atoms with E-state index in [9.17, 15) is 18.0 Å². The number of benzene rings is 2. The molecule has 0 aliphatic carbocycles. The van der Waals surface area contributed by atoms with E-state index in [1.54, 1.807) is 24.2 Å². The molecule has 0 radical (unpaired) electrons. The van der Waals surface area contributed by atoms with Gasteiger partial charge < -0.3 is 15.0 Å². The molecule has 46 heavy (non-hydrogen) atoms. The average Bonchev–Trinajstić information content (AvgIpc) is 2.96. The molecule has 1 N–H and O–H groups in total. The summed E-state index contributed by atoms with van der Waals surface area (Å²) in [6.07, 6.45) is 3.33. The van der Waals surface area contributed by atoms with Gasteiger partial charge in [-0.25, -0.2) is 22.5 Å². The first-order chi connectivity index (χ1) is 21.7. The van der Waals surface area contributed by atoms with Crippen LogP contribution in [-0.4, -0.2) is 71.4 Å². The van der Waals surface area contributed by atoms with Crippen LogP contribution < -0.4 is 20.7 Å². The number of carbonyl (C=O) groups excluding carboxylic acids is 1. The minimum absolute atomic E-state index is 0.217. The Morgan fingerprint density at radius 2 is 1.78 bits per heavy atom. The first-order valence-electron chi connectivity index (χ1n) is 15.2. The molecule has 242 valence electrons. The minimum atomic E-state index is -3.12. The fourth-order valence-electron chi connectivity index (χ4n) is 5.99. The topological polar surface area (TPSA) is 130 Å². The largest absolute Gasteiger partial charge is 0.443 e. The van der Waals surface area contributed by atoms with E-state index in [1.165, 1.54) is 15.1 Å². The predicted octanol–water partition coefficient (Wildman–Crippen LogP) is 4.71. The van der Waals surface area contributed by atoms with Crippen LogP contribution in [0.15, 0.2) is 59.5 Å². The van der Waals surface area contributed by atoms with Crippen molar-refractivity contribution in [3.05, 3.63) is 76.2 Å². The summed E-state index contributed by atoms with van der Waals surface area (Å²) in [6, 6.07) is 15.5. The Morgan fingerprint density at radius 3 is 2.46 bits per heavy atom. The number of ether oxygens (including phenoxy) is 1. The van der Waals surface area contributed by atoms with Crippen LogP contribution in [0, 0.1) is 12.8 Å². The molecule has 1 amide bonds. The van der Waals surface area contributed by atoms with Gasteiger partial charge >= 0.3 is 6.09 Å². The number of amides is 1. The molecule has 0 unspecified atom stereocenters. The Balaban J connectivity index is 1.22. The van der Waals surface area contributed by atoms with E-state index in [4.69, 9.17) is 4.74 Å². The number of fused-ring (bicyclic) bond motifs is 2. The van der Waals surface area contributed by atoms with Gasteiger partial charge in [0.2, 0.25) is 16.0 Å². The number of anilines is 5. The molecule has 12 nitrogen and oxygen atoms in total. The molecular formula is C33H39N7O5S. The van der Waals surface area contributed by atoms with Crippen LogP contribution in [0.3, 0.4) is 0 Å². The molecule has 2 aliphatic rings. The number of nitrogens with zero attached hydrogens (tertiary/aromatic N) is 6. The molecule has 1 saturated heterocycles. The lowest BCUT2D eigenvalue weighted by Gasteiger charge is -2.39. The SMILES string of the molecule is Cc1cccc2c1N(C(=O)OC(C)(C)C)CCN2c1cc2cnc(Nc3ccc(CC4CN(S(C)(=O)=O)C4)cc3)nc2n(C)c1=O. The van der Waals surface area contributed by atoms with Crippen LogP contribution in [0.1, 0.15) is 31.9 Å². The highest BCUT2D eigenvalue weighted by Crippen LogP contribution is 2.40. The highest BCUT2D eigenvalue weighted by atomic mass is 32.2. The number of sulfonamides is 1. The smallest absolute Gasteiger partial charge is 0.414 e. The standard InChI is InChI=1S/C33H39N7O5S/c1-21-8-7-9-26-28(21)40(32(42)45-33(2,3)4)15-14-39(26)27-17-24-18-34-31(36-29(24)37(5)30(27)41)35-25-12-10-22(11-13-25)16-23-19-38(20-23)46(6,43)44/h7-13,17-18,23H,14-16,19-20H2,1-6H3,(H,34,35,36). The molecule has 4 heterocycles. The van der Waals surface area contributed by atoms with E-state index >= 15 is 0 Å². The normalized spacial score (nSPS) is 15.9. The minimum Gasteiger partial charge on any atom is -0.443 e. The van der Waals surface area contributed by atoms with Gasteiger partial charge in [0.1, 0.15) is 16.9 Å². The van der Waals surface area contributed by atoms with E-state index in [0.717, 1.165) is 34.6 Å². The van der Waals surface area contributed by atoms with E-state index in [2.05, 4.69) is 15.3 Å². The van der Waals surface area contributed by atoms with Crippen LogP contribution in [0.25, 0.3) is 11.0 Å². The summed E-state index contributed by atoms with van der Waals surface area (Å²) in [5.41, 5.74) is 4.40. The lowest BCUT2D eigenvalue weighted by Crippen LogP contribution is -2.50. The number of nitrogens with one attached hydrogen (secondary N) is 1. The van der Waals surface area contributed by atoms with Crippen LogP contribution in [0.2, 0.25) is 0 Å². The van der Waals surface area contributed by atoms with Crippen molar-refractivity contribution < 1.29 is 17.9 Å². The number of hydrogen-bond acceptors (Lipinski definition) is 9. The molecule has 6 rings (SSSR count). The van der Waals surface area contributed by atoms with E-state index in [-0.39, 0.29) is 5.56 Å². The molecule has 4 aromatic rings. The average molecular weight is 646 g/mol. The third kappa shape index (κ3) is 6.29. The van der Waals surface area contributed by atoms with Gasteiger partial charge in [0.15, 0.2) is 0 Å². The van der Waals surface area contributed by atoms with Gasteiger partial charge in [-0.15, -0.1) is 0 Å². The summed E-state index contributed by atoms with van der Waals surface area (Å²) < 4.78 is 32.0. The zero-order valence-corrected chi connectivity index (χ0v) is 27.8. The van der Waals surface area contributed by atoms with Crippen molar-refractivity contribution in [2.24, 2.45) is 13.0 Å². The van der Waals surface area contributed by atoms with Crippen LogP contribution in [0.5, 0.6) is 0 Å². The Kier molecular flexibility index (Phi) is 8.01. The van der Waals surface area contributed by atoms with Crippen molar-refractivity contribution in [3.8, 4) is 0 Å². The van der Waals surface area contributed by atoms with E-state index < -0.39 is 21.7 Å². The second-order valence-electron chi connectivity index (χ2n) is 13.1. The van der Waals surface area contributed by atoms with E-state index in [0.29, 0.717) is 54.8 Å². The monoisotopic (exact) mass is 645 g/mol. The summed E-state index contributed by atoms with van der Waals surface area (Å²) >= 11 is 0. The maximum absolute atomic E-state index is 13.8. The summed E-state index contributed by atoms with van der Waals surface area (Å²) in [5, 5.41) is 3.92. The van der Waals surface area contributed by atoms with Gasteiger partial charge in [0.25, 0.3) is 5.56 Å². The summed E-state index contributed by atoms with van der Waals surface area (Å²) in [5.74, 6) is 0.674. The van der Waals surface area contributed by atoms with Crippen LogP contribution in [-0.2, 0) is 28.2 Å². The van der Waals surface area contributed by atoms with Crippen LogP contribution >= 0.6 is 0 Å². The third-order valence-corrected chi connectivity index (χ3v) is 9.52. The van der Waals surface area contributed by atoms with Crippen molar-refractivity contribution in [1.82, 2.24) is 18.8 Å². The number of rotatable bonds is 6. The number of carbonyl (C=O) groups is 1. The zero-order chi connectivity index (χ0) is 33.0. The molecule has 0 saturated carbocycles. The molecule has 0 atom stereocenters. The molecule has 0 spiro atoms. The summed E-state index contributed by atoms with van der Waals surface area (Å²) in [6.45, 7) is 9.33. The molecule has 1 fully saturated rings. The maximum Gasteiger partial charge on any atom is 0.414 e. The van der Waals surface area contributed by atoms with Gasteiger partial charge in [-0.2, -0.15) is 4.98 Å². The summed E-state index contributed by atoms with van der Waals surface area (Å²) in [4.78, 5) is 39.7. The van der Waals surface area contributed by atoms with Crippen molar-refractivity contribution in [2.45, 2.75) is 39.7 Å². The number of hydrogen-bond donors (Lipinski definition) is 1. The Hall–Kier alpha value is -4.49. The van der Waals surface area contributed by atoms with Crippen molar-refractivity contribution in [1.29, 1.82) is 0 Å². The lowest BCUT2D eigenvalue weighted by atomic mass is 9.94. The molecular weight excluding hydrogens is 606 g/mol. The van der Waals surface area contributed by atoms with Gasteiger partial charge in [0.05, 0.1) is 17.6 Å². The fraction of sp³-hybridized carbons (Fsp3) is 0.394. The van der Waals surface area contributed by atoms with Gasteiger partial charge in [0, 0.05) is 50.5 Å². The first-order valence-corrected chi connectivity index (χ1v) is 17.1. The predicted molar refractivity (Wildman–Crippen MR) is 180 cm³/mol. The molecule has 2 aromatic carbocycles. The molecule has 2 aromatic heterocycles. The van der Waals surface area contributed by atoms with Gasteiger partial charge in [-0.1, -0.05) is 24.3 Å². The number of para-hydroxylation sites is 1. The quantitative estimate of drug-likeness (QED) is 0.317. The zero-order valence-electron chi connectivity index (χ0n) is 26.9. The van der Waals surface area contributed by atoms with E-state index in [1.807, 2.05) is 75.1 Å². The number of aromatic nitrogens is 3. The highest BCUT2D eigenvalue weighted by Gasteiger charge is 2.34. The number of pyridine rings is 1. The molecule has 2 aliphatic heterocycles. The molecule has 0 bridgehead atoms. The van der Waals surface area contributed by atoms with Gasteiger partial charge in [-0.05, 0) is 75.4 Å². The van der Waals surface area contributed by atoms with Crippen LogP contribution in [0.4, 0.5) is 33.5 Å². The first kappa shape index (κ1) is 31.5. The summed E-state index contributed by atoms with van der Waals surface area (Å²) in [7, 11) is -1.42.